The minimum Gasteiger partial charge on any atom is -0.355 e. The summed E-state index contributed by atoms with van der Waals surface area (Å²) in [5.41, 5.74) is 1.28. The van der Waals surface area contributed by atoms with Gasteiger partial charge in [0.2, 0.25) is 0 Å². The minimum atomic E-state index is 0.814. The molecule has 0 heterocycles. The summed E-state index contributed by atoms with van der Waals surface area (Å²) in [6.45, 7) is 4.22. The molecular weight excluding hydrogens is 272 g/mol. The normalized spacial score (nSPS) is 18.5. The lowest BCUT2D eigenvalue weighted by molar-refractivity contribution is 0.256. The van der Waals surface area contributed by atoms with E-state index in [1.54, 1.807) is 0 Å². The van der Waals surface area contributed by atoms with E-state index in [-0.39, 0.29) is 0 Å². The van der Waals surface area contributed by atoms with Crippen molar-refractivity contribution < 1.29 is 0 Å². The fourth-order valence-corrected chi connectivity index (χ4v) is 2.81. The maximum absolute atomic E-state index is 4.31. The average Bonchev–Trinajstić information content (AvgIpc) is 3.44. The maximum atomic E-state index is 4.31. The third-order valence-electron chi connectivity index (χ3n) is 4.47. The lowest BCUT2D eigenvalue weighted by atomic mass is 10.2. The van der Waals surface area contributed by atoms with Crippen molar-refractivity contribution in [3.63, 3.8) is 0 Å². The van der Waals surface area contributed by atoms with Crippen LogP contribution in [0, 0.1) is 5.92 Å². The summed E-state index contributed by atoms with van der Waals surface area (Å²) < 4.78 is 0. The molecule has 0 spiro atoms. The van der Waals surface area contributed by atoms with Gasteiger partial charge in [-0.3, -0.25) is 9.89 Å². The Hall–Kier alpha value is -1.55. The van der Waals surface area contributed by atoms with Gasteiger partial charge in [0.05, 0.1) is 0 Å². The van der Waals surface area contributed by atoms with E-state index in [9.17, 15) is 0 Å². The quantitative estimate of drug-likeness (QED) is 0.571. The molecule has 0 radical (unpaired) electrons. The van der Waals surface area contributed by atoms with Crippen LogP contribution in [0.15, 0.2) is 35.3 Å². The average molecular weight is 300 g/mol. The summed E-state index contributed by atoms with van der Waals surface area (Å²) >= 11 is 0. The molecule has 0 unspecified atom stereocenters. The van der Waals surface area contributed by atoms with Gasteiger partial charge in [0.15, 0.2) is 5.96 Å². The van der Waals surface area contributed by atoms with Gasteiger partial charge in [0.1, 0.15) is 0 Å². The lowest BCUT2D eigenvalue weighted by Gasteiger charge is -2.22. The first-order valence-electron chi connectivity index (χ1n) is 8.57. The van der Waals surface area contributed by atoms with Crippen LogP contribution in [0.1, 0.15) is 31.2 Å². The van der Waals surface area contributed by atoms with Crippen LogP contribution in [-0.4, -0.2) is 43.6 Å². The van der Waals surface area contributed by atoms with Crippen LogP contribution in [0.25, 0.3) is 0 Å². The molecule has 1 aromatic rings. The SMILES string of the molecule is CN=C(NCCN(CC1CC1)C1CC1)NCc1ccccc1. The van der Waals surface area contributed by atoms with Gasteiger partial charge in [-0.15, -0.1) is 0 Å². The number of benzene rings is 1. The van der Waals surface area contributed by atoms with Crippen LogP contribution in [0.5, 0.6) is 0 Å². The summed E-state index contributed by atoms with van der Waals surface area (Å²) in [6.07, 6.45) is 5.68. The van der Waals surface area contributed by atoms with Gasteiger partial charge in [-0.1, -0.05) is 30.3 Å². The molecule has 120 valence electrons. The van der Waals surface area contributed by atoms with E-state index >= 15 is 0 Å². The monoisotopic (exact) mass is 300 g/mol. The van der Waals surface area contributed by atoms with Gasteiger partial charge in [0.25, 0.3) is 0 Å². The van der Waals surface area contributed by atoms with Crippen LogP contribution in [0.3, 0.4) is 0 Å². The Labute approximate surface area is 134 Å². The van der Waals surface area contributed by atoms with Crippen molar-refractivity contribution in [3.05, 3.63) is 35.9 Å². The van der Waals surface area contributed by atoms with E-state index in [1.807, 2.05) is 13.1 Å². The Kier molecular flexibility index (Phi) is 5.33. The molecule has 0 bridgehead atoms. The molecule has 0 amide bonds. The third-order valence-corrected chi connectivity index (χ3v) is 4.47. The van der Waals surface area contributed by atoms with E-state index < -0.39 is 0 Å². The maximum Gasteiger partial charge on any atom is 0.191 e. The molecule has 2 N–H and O–H groups in total. The van der Waals surface area contributed by atoms with E-state index in [0.717, 1.165) is 37.6 Å². The van der Waals surface area contributed by atoms with Gasteiger partial charge in [-0.05, 0) is 37.2 Å². The number of nitrogens with one attached hydrogen (secondary N) is 2. The highest BCUT2D eigenvalue weighted by atomic mass is 15.2. The second kappa shape index (κ2) is 7.63. The predicted octanol–water partition coefficient (Wildman–Crippen LogP) is 2.23. The third kappa shape index (κ3) is 5.02. The van der Waals surface area contributed by atoms with E-state index in [0.29, 0.717) is 0 Å². The number of hydrogen-bond acceptors (Lipinski definition) is 2. The Balaban J connectivity index is 1.37. The Morgan fingerprint density at radius 3 is 2.55 bits per heavy atom. The Morgan fingerprint density at radius 1 is 1.14 bits per heavy atom. The number of guanidine groups is 1. The summed E-state index contributed by atoms with van der Waals surface area (Å²) in [4.78, 5) is 6.99. The first kappa shape index (κ1) is 15.3. The van der Waals surface area contributed by atoms with Crippen molar-refractivity contribution in [2.45, 2.75) is 38.3 Å². The second-order valence-corrected chi connectivity index (χ2v) is 6.51. The number of aliphatic imine (C=N–C) groups is 1. The first-order chi connectivity index (χ1) is 10.8. The molecule has 1 aromatic carbocycles. The van der Waals surface area contributed by atoms with Crippen LogP contribution in [0.4, 0.5) is 0 Å². The van der Waals surface area contributed by atoms with Crippen molar-refractivity contribution in [2.75, 3.05) is 26.7 Å². The van der Waals surface area contributed by atoms with Crippen molar-refractivity contribution in [1.82, 2.24) is 15.5 Å². The van der Waals surface area contributed by atoms with Crippen LogP contribution in [0.2, 0.25) is 0 Å². The smallest absolute Gasteiger partial charge is 0.191 e. The van der Waals surface area contributed by atoms with Gasteiger partial charge >= 0.3 is 0 Å². The Bertz CT molecular complexity index is 477. The molecule has 2 fully saturated rings. The van der Waals surface area contributed by atoms with Crippen molar-refractivity contribution in [3.8, 4) is 0 Å². The predicted molar refractivity (Wildman–Crippen MR) is 92.0 cm³/mol. The zero-order valence-corrected chi connectivity index (χ0v) is 13.6. The molecule has 0 saturated heterocycles. The second-order valence-electron chi connectivity index (χ2n) is 6.51. The van der Waals surface area contributed by atoms with Crippen LogP contribution in [-0.2, 0) is 6.54 Å². The molecule has 2 aliphatic rings. The first-order valence-corrected chi connectivity index (χ1v) is 8.57. The van der Waals surface area contributed by atoms with E-state index in [4.69, 9.17) is 0 Å². The molecule has 3 rings (SSSR count). The fraction of sp³-hybridized carbons (Fsp3) is 0.611. The highest BCUT2D eigenvalue weighted by Crippen LogP contribution is 2.34. The van der Waals surface area contributed by atoms with E-state index in [1.165, 1.54) is 37.8 Å². The van der Waals surface area contributed by atoms with Gasteiger partial charge < -0.3 is 10.6 Å². The minimum absolute atomic E-state index is 0.814. The van der Waals surface area contributed by atoms with Crippen molar-refractivity contribution >= 4 is 5.96 Å². The molecule has 0 aliphatic heterocycles. The summed E-state index contributed by atoms with van der Waals surface area (Å²) in [5.74, 6) is 1.88. The van der Waals surface area contributed by atoms with Gasteiger partial charge in [0, 0.05) is 39.3 Å². The summed E-state index contributed by atoms with van der Waals surface area (Å²) in [5, 5.41) is 6.82. The largest absolute Gasteiger partial charge is 0.355 e. The van der Waals surface area contributed by atoms with Crippen LogP contribution < -0.4 is 10.6 Å². The van der Waals surface area contributed by atoms with Gasteiger partial charge in [-0.25, -0.2) is 0 Å². The molecule has 4 nitrogen and oxygen atoms in total. The highest BCUT2D eigenvalue weighted by molar-refractivity contribution is 5.79. The number of nitrogens with zero attached hydrogens (tertiary/aromatic N) is 2. The fourth-order valence-electron chi connectivity index (χ4n) is 2.81. The number of hydrogen-bond donors (Lipinski definition) is 2. The molecule has 0 atom stereocenters. The topological polar surface area (TPSA) is 39.7 Å². The zero-order chi connectivity index (χ0) is 15.2. The lowest BCUT2D eigenvalue weighted by Crippen LogP contribution is -2.42. The van der Waals surface area contributed by atoms with Crippen LogP contribution >= 0.6 is 0 Å². The molecule has 0 aromatic heterocycles. The molecule has 2 aliphatic carbocycles. The zero-order valence-electron chi connectivity index (χ0n) is 13.6. The number of rotatable bonds is 8. The molecule has 2 saturated carbocycles. The summed E-state index contributed by atoms with van der Waals surface area (Å²) in [6, 6.07) is 11.3. The molecule has 4 heteroatoms. The highest BCUT2D eigenvalue weighted by Gasteiger charge is 2.33. The molecule has 22 heavy (non-hydrogen) atoms. The van der Waals surface area contributed by atoms with E-state index in [2.05, 4.69) is 44.8 Å². The van der Waals surface area contributed by atoms with Crippen molar-refractivity contribution in [1.29, 1.82) is 0 Å². The standard InChI is InChI=1S/C18H28N4/c1-19-18(21-13-15-5-3-2-4-6-15)20-11-12-22(17-9-10-17)14-16-7-8-16/h2-6,16-17H,7-14H2,1H3,(H2,19,20,21). The van der Waals surface area contributed by atoms with Crippen molar-refractivity contribution in [2.24, 2.45) is 10.9 Å². The Morgan fingerprint density at radius 2 is 1.91 bits per heavy atom. The summed E-state index contributed by atoms with van der Waals surface area (Å²) in [7, 11) is 1.84. The van der Waals surface area contributed by atoms with Gasteiger partial charge in [-0.2, -0.15) is 0 Å². The molecular formula is C18H28N4.